The highest BCUT2D eigenvalue weighted by Gasteiger charge is 2.28. The molecule has 4 aromatic rings. The van der Waals surface area contributed by atoms with Crippen molar-refractivity contribution in [2.24, 2.45) is 0 Å². The van der Waals surface area contributed by atoms with Gasteiger partial charge in [0.25, 0.3) is 0 Å². The van der Waals surface area contributed by atoms with Crippen LogP contribution >= 0.6 is 11.6 Å². The molecular formula is C29H35ClN6O3. The van der Waals surface area contributed by atoms with Gasteiger partial charge in [0.05, 0.1) is 17.3 Å². The predicted octanol–water partition coefficient (Wildman–Crippen LogP) is 7.19. The summed E-state index contributed by atoms with van der Waals surface area (Å²) in [5.41, 5.74) is 3.04. The first-order valence-corrected chi connectivity index (χ1v) is 13.6. The first kappa shape index (κ1) is 27.0. The molecule has 0 saturated carbocycles. The third-order valence-electron chi connectivity index (χ3n) is 6.36. The predicted molar refractivity (Wildman–Crippen MR) is 153 cm³/mol. The Morgan fingerprint density at radius 2 is 1.85 bits per heavy atom. The monoisotopic (exact) mass is 550 g/mol. The van der Waals surface area contributed by atoms with Gasteiger partial charge in [-0.05, 0) is 78.6 Å². The van der Waals surface area contributed by atoms with Gasteiger partial charge in [0.15, 0.2) is 5.58 Å². The Kier molecular flexibility index (Phi) is 7.05. The van der Waals surface area contributed by atoms with Crippen LogP contribution in [0.2, 0.25) is 5.02 Å². The van der Waals surface area contributed by atoms with E-state index in [2.05, 4.69) is 26.1 Å². The van der Waals surface area contributed by atoms with Gasteiger partial charge in [0, 0.05) is 47.7 Å². The number of rotatable bonds is 4. The highest BCUT2D eigenvalue weighted by Crippen LogP contribution is 2.34. The van der Waals surface area contributed by atoms with E-state index in [1.807, 2.05) is 56.0 Å². The third-order valence-corrected chi connectivity index (χ3v) is 6.59. The smallest absolute Gasteiger partial charge is 0.410 e. The molecule has 1 aliphatic heterocycles. The van der Waals surface area contributed by atoms with Gasteiger partial charge in [0.1, 0.15) is 16.9 Å². The molecule has 0 unspecified atom stereocenters. The fourth-order valence-electron chi connectivity index (χ4n) is 4.57. The van der Waals surface area contributed by atoms with Crippen LogP contribution in [0.3, 0.4) is 0 Å². The van der Waals surface area contributed by atoms with Crippen LogP contribution in [0, 0.1) is 0 Å². The van der Waals surface area contributed by atoms with Crippen molar-refractivity contribution in [3.8, 4) is 22.7 Å². The van der Waals surface area contributed by atoms with Crippen LogP contribution in [-0.4, -0.2) is 55.0 Å². The SMILES string of the molecule is CC(C)(C)Nc1ncc(-c2ccn(C3CCN(C(=O)OC(C)(C)C)CC3)n2)cc1-c1nc2ccc(Cl)cc2o1. The number of aromatic nitrogens is 4. The number of piperidine rings is 1. The average Bonchev–Trinajstić information content (AvgIpc) is 3.50. The molecule has 1 N–H and O–H groups in total. The van der Waals surface area contributed by atoms with Gasteiger partial charge in [-0.25, -0.2) is 14.8 Å². The standard InChI is InChI=1S/C29H35ClN6O3/c1-28(2,3)33-25-21(26-32-23-8-7-19(30)16-24(23)38-26)15-18(17-31-25)22-11-14-36(34-22)20-9-12-35(13-10-20)27(37)39-29(4,5)6/h7-8,11,14-17,20H,9-10,12-13H2,1-6H3,(H,31,33). The maximum Gasteiger partial charge on any atom is 0.410 e. The topological polar surface area (TPSA) is 98.3 Å². The molecule has 1 amide bonds. The van der Waals surface area contributed by atoms with Crippen molar-refractivity contribution in [3.63, 3.8) is 0 Å². The summed E-state index contributed by atoms with van der Waals surface area (Å²) < 4.78 is 13.6. The number of hydrogen-bond acceptors (Lipinski definition) is 7. The number of oxazole rings is 1. The van der Waals surface area contributed by atoms with Crippen LogP contribution in [0.5, 0.6) is 0 Å². The molecule has 4 heterocycles. The molecule has 3 aromatic heterocycles. The largest absolute Gasteiger partial charge is 0.444 e. The van der Waals surface area contributed by atoms with Crippen molar-refractivity contribution in [2.75, 3.05) is 18.4 Å². The summed E-state index contributed by atoms with van der Waals surface area (Å²) in [7, 11) is 0. The number of anilines is 1. The van der Waals surface area contributed by atoms with Crippen molar-refractivity contribution in [1.82, 2.24) is 24.6 Å². The summed E-state index contributed by atoms with van der Waals surface area (Å²) in [4.78, 5) is 23.6. The first-order chi connectivity index (χ1) is 18.3. The lowest BCUT2D eigenvalue weighted by molar-refractivity contribution is 0.0185. The molecule has 0 bridgehead atoms. The zero-order valence-corrected chi connectivity index (χ0v) is 24.0. The van der Waals surface area contributed by atoms with Crippen LogP contribution in [0.4, 0.5) is 10.6 Å². The molecule has 1 aliphatic rings. The Bertz CT molecular complexity index is 1490. The van der Waals surface area contributed by atoms with Gasteiger partial charge in [0.2, 0.25) is 5.89 Å². The Morgan fingerprint density at radius 1 is 1.10 bits per heavy atom. The number of halogens is 1. The van der Waals surface area contributed by atoms with Crippen LogP contribution in [0.15, 0.2) is 47.1 Å². The van der Waals surface area contributed by atoms with E-state index in [1.165, 1.54) is 0 Å². The number of fused-ring (bicyclic) bond motifs is 1. The van der Waals surface area contributed by atoms with E-state index in [0.29, 0.717) is 35.4 Å². The number of nitrogens with zero attached hydrogens (tertiary/aromatic N) is 5. The molecule has 5 rings (SSSR count). The number of hydrogen-bond donors (Lipinski definition) is 1. The van der Waals surface area contributed by atoms with E-state index < -0.39 is 5.60 Å². The molecule has 0 radical (unpaired) electrons. The summed E-state index contributed by atoms with van der Waals surface area (Å²) in [5.74, 6) is 1.14. The van der Waals surface area contributed by atoms with Crippen LogP contribution in [0.1, 0.15) is 60.4 Å². The Hall–Kier alpha value is -3.59. The fourth-order valence-corrected chi connectivity index (χ4v) is 4.73. The number of benzene rings is 1. The first-order valence-electron chi connectivity index (χ1n) is 13.2. The number of likely N-dealkylation sites (tertiary alicyclic amines) is 1. The van der Waals surface area contributed by atoms with Crippen molar-refractivity contribution >= 4 is 34.6 Å². The lowest BCUT2D eigenvalue weighted by Gasteiger charge is -2.33. The minimum atomic E-state index is -0.499. The molecule has 0 spiro atoms. The number of pyridine rings is 1. The maximum atomic E-state index is 12.4. The number of carbonyl (C=O) groups is 1. The summed E-state index contributed by atoms with van der Waals surface area (Å²) >= 11 is 6.16. The molecule has 39 heavy (non-hydrogen) atoms. The zero-order chi connectivity index (χ0) is 27.9. The van der Waals surface area contributed by atoms with E-state index in [0.717, 1.165) is 35.2 Å². The highest BCUT2D eigenvalue weighted by atomic mass is 35.5. The number of ether oxygens (including phenoxy) is 1. The third kappa shape index (κ3) is 6.36. The molecule has 206 valence electrons. The Labute approximate surface area is 233 Å². The van der Waals surface area contributed by atoms with Crippen LogP contribution in [0.25, 0.3) is 33.8 Å². The van der Waals surface area contributed by atoms with Crippen LogP contribution < -0.4 is 5.32 Å². The summed E-state index contributed by atoms with van der Waals surface area (Å²) in [6, 6.07) is 9.60. The fraction of sp³-hybridized carbons (Fsp3) is 0.448. The van der Waals surface area contributed by atoms with Crippen molar-refractivity contribution in [2.45, 2.75) is 71.6 Å². The van der Waals surface area contributed by atoms with Crippen molar-refractivity contribution in [3.05, 3.63) is 47.7 Å². The van der Waals surface area contributed by atoms with Gasteiger partial charge in [-0.15, -0.1) is 0 Å². The van der Waals surface area contributed by atoms with E-state index >= 15 is 0 Å². The summed E-state index contributed by atoms with van der Waals surface area (Å²) in [5, 5.41) is 8.93. The van der Waals surface area contributed by atoms with Crippen molar-refractivity contribution < 1.29 is 13.9 Å². The molecule has 1 fully saturated rings. The second-order valence-electron chi connectivity index (χ2n) is 12.0. The van der Waals surface area contributed by atoms with Gasteiger partial charge >= 0.3 is 6.09 Å². The quantitative estimate of drug-likeness (QED) is 0.287. The average molecular weight is 551 g/mol. The second-order valence-corrected chi connectivity index (χ2v) is 12.4. The lowest BCUT2D eigenvalue weighted by Crippen LogP contribution is -2.42. The molecule has 1 aromatic carbocycles. The normalized spacial score (nSPS) is 15.1. The summed E-state index contributed by atoms with van der Waals surface area (Å²) in [6.45, 7) is 13.2. The van der Waals surface area contributed by atoms with Gasteiger partial charge < -0.3 is 19.4 Å². The molecule has 0 atom stereocenters. The van der Waals surface area contributed by atoms with E-state index in [4.69, 9.17) is 35.8 Å². The minimum absolute atomic E-state index is 0.202. The van der Waals surface area contributed by atoms with Crippen LogP contribution in [-0.2, 0) is 4.74 Å². The molecule has 10 heteroatoms. The molecule has 9 nitrogen and oxygen atoms in total. The van der Waals surface area contributed by atoms with Gasteiger partial charge in [-0.2, -0.15) is 5.10 Å². The van der Waals surface area contributed by atoms with E-state index in [1.54, 1.807) is 17.0 Å². The summed E-state index contributed by atoms with van der Waals surface area (Å²) in [6.07, 6.45) is 5.17. The maximum absolute atomic E-state index is 12.4. The van der Waals surface area contributed by atoms with Gasteiger partial charge in [-0.3, -0.25) is 4.68 Å². The highest BCUT2D eigenvalue weighted by molar-refractivity contribution is 6.31. The Balaban J connectivity index is 1.39. The van der Waals surface area contributed by atoms with E-state index in [9.17, 15) is 4.79 Å². The molecule has 1 saturated heterocycles. The molecule has 0 aliphatic carbocycles. The number of amides is 1. The second kappa shape index (κ2) is 10.2. The van der Waals surface area contributed by atoms with Gasteiger partial charge in [-0.1, -0.05) is 11.6 Å². The Morgan fingerprint density at radius 3 is 2.54 bits per heavy atom. The number of nitrogens with one attached hydrogen (secondary N) is 1. The minimum Gasteiger partial charge on any atom is -0.444 e. The molecular weight excluding hydrogens is 516 g/mol. The lowest BCUT2D eigenvalue weighted by atomic mass is 10.1. The van der Waals surface area contributed by atoms with Crippen molar-refractivity contribution in [1.29, 1.82) is 0 Å². The van der Waals surface area contributed by atoms with E-state index in [-0.39, 0.29) is 17.7 Å². The number of carbonyl (C=O) groups excluding carboxylic acids is 1. The zero-order valence-electron chi connectivity index (χ0n) is 23.3.